The van der Waals surface area contributed by atoms with Crippen molar-refractivity contribution in [2.24, 2.45) is 0 Å². The standard InChI is InChI=1S/C16H13F3N4O2/c17-16(18,19)13-8-20-7-12(22-13)15(25)21-6-5-10-9-3-1-2-4-11(9)23-14(10)24/h1-4,7-8,10H,5-6H2,(H,21,25)(H,23,24). The van der Waals surface area contributed by atoms with Gasteiger partial charge in [0, 0.05) is 12.2 Å². The molecule has 2 amide bonds. The number of alkyl halides is 3. The highest BCUT2D eigenvalue weighted by molar-refractivity contribution is 6.02. The van der Waals surface area contributed by atoms with Crippen molar-refractivity contribution in [1.82, 2.24) is 15.3 Å². The Labute approximate surface area is 140 Å². The Bertz CT molecular complexity index is 823. The van der Waals surface area contributed by atoms with Crippen LogP contribution in [0.2, 0.25) is 0 Å². The molecule has 6 nitrogen and oxygen atoms in total. The molecule has 0 spiro atoms. The van der Waals surface area contributed by atoms with E-state index < -0.39 is 29.4 Å². The van der Waals surface area contributed by atoms with E-state index in [1.807, 2.05) is 12.1 Å². The average Bonchev–Trinajstić information content (AvgIpc) is 2.90. The number of anilines is 1. The second-order valence-corrected chi connectivity index (χ2v) is 5.46. The zero-order valence-electron chi connectivity index (χ0n) is 12.8. The summed E-state index contributed by atoms with van der Waals surface area (Å²) in [6.45, 7) is 0.114. The summed E-state index contributed by atoms with van der Waals surface area (Å²) in [7, 11) is 0. The van der Waals surface area contributed by atoms with Gasteiger partial charge in [-0.05, 0) is 18.1 Å². The van der Waals surface area contributed by atoms with Crippen molar-refractivity contribution >= 4 is 17.5 Å². The number of hydrogen-bond donors (Lipinski definition) is 2. The van der Waals surface area contributed by atoms with E-state index in [1.165, 1.54) is 0 Å². The molecule has 2 N–H and O–H groups in total. The van der Waals surface area contributed by atoms with Gasteiger partial charge in [-0.2, -0.15) is 13.2 Å². The molecule has 130 valence electrons. The van der Waals surface area contributed by atoms with E-state index in [1.54, 1.807) is 12.1 Å². The van der Waals surface area contributed by atoms with Gasteiger partial charge in [0.05, 0.1) is 18.3 Å². The van der Waals surface area contributed by atoms with Crippen LogP contribution in [0.5, 0.6) is 0 Å². The summed E-state index contributed by atoms with van der Waals surface area (Å²) in [6, 6.07) is 7.21. The minimum atomic E-state index is -4.67. The van der Waals surface area contributed by atoms with Gasteiger partial charge >= 0.3 is 6.18 Å². The minimum absolute atomic E-state index is 0.114. The monoisotopic (exact) mass is 350 g/mol. The number of nitrogens with zero attached hydrogens (tertiary/aromatic N) is 2. The van der Waals surface area contributed by atoms with E-state index in [2.05, 4.69) is 20.6 Å². The number of halogens is 3. The zero-order valence-corrected chi connectivity index (χ0v) is 12.8. The maximum Gasteiger partial charge on any atom is 0.434 e. The Hall–Kier alpha value is -2.97. The van der Waals surface area contributed by atoms with Crippen molar-refractivity contribution in [2.45, 2.75) is 18.5 Å². The highest BCUT2D eigenvalue weighted by Crippen LogP contribution is 2.33. The molecule has 25 heavy (non-hydrogen) atoms. The van der Waals surface area contributed by atoms with Crippen LogP contribution in [0.3, 0.4) is 0 Å². The molecule has 0 radical (unpaired) electrons. The van der Waals surface area contributed by atoms with Crippen molar-refractivity contribution in [1.29, 1.82) is 0 Å². The normalized spacial score (nSPS) is 16.3. The zero-order chi connectivity index (χ0) is 18.0. The fourth-order valence-electron chi connectivity index (χ4n) is 2.59. The van der Waals surface area contributed by atoms with Gasteiger partial charge in [0.2, 0.25) is 5.91 Å². The number of benzene rings is 1. The number of fused-ring (bicyclic) bond motifs is 1. The topological polar surface area (TPSA) is 84.0 Å². The second kappa shape index (κ2) is 6.50. The fourth-order valence-corrected chi connectivity index (χ4v) is 2.59. The summed E-state index contributed by atoms with van der Waals surface area (Å²) < 4.78 is 37.8. The quantitative estimate of drug-likeness (QED) is 0.887. The number of rotatable bonds is 4. The summed E-state index contributed by atoms with van der Waals surface area (Å²) >= 11 is 0. The van der Waals surface area contributed by atoms with Gasteiger partial charge in [-0.15, -0.1) is 0 Å². The molecule has 0 saturated carbocycles. The number of para-hydroxylation sites is 1. The Morgan fingerprint density at radius 3 is 2.76 bits per heavy atom. The van der Waals surface area contributed by atoms with Gasteiger partial charge in [-0.3, -0.25) is 14.6 Å². The van der Waals surface area contributed by atoms with E-state index in [-0.39, 0.29) is 12.5 Å². The second-order valence-electron chi connectivity index (χ2n) is 5.46. The lowest BCUT2D eigenvalue weighted by Gasteiger charge is -2.10. The van der Waals surface area contributed by atoms with Gasteiger partial charge in [-0.1, -0.05) is 18.2 Å². The molecule has 3 rings (SSSR count). The predicted molar refractivity (Wildman–Crippen MR) is 81.8 cm³/mol. The van der Waals surface area contributed by atoms with Crippen LogP contribution in [0.1, 0.15) is 34.1 Å². The molecule has 0 saturated heterocycles. The number of aromatic nitrogens is 2. The first-order valence-corrected chi connectivity index (χ1v) is 7.43. The molecule has 1 unspecified atom stereocenters. The highest BCUT2D eigenvalue weighted by atomic mass is 19.4. The summed E-state index contributed by atoms with van der Waals surface area (Å²) in [5, 5.41) is 5.21. The van der Waals surface area contributed by atoms with Gasteiger partial charge < -0.3 is 10.6 Å². The molecular formula is C16H13F3N4O2. The van der Waals surface area contributed by atoms with Crippen LogP contribution in [-0.2, 0) is 11.0 Å². The average molecular weight is 350 g/mol. The molecule has 1 aromatic heterocycles. The Balaban J connectivity index is 1.61. The lowest BCUT2D eigenvalue weighted by molar-refractivity contribution is -0.141. The van der Waals surface area contributed by atoms with Crippen molar-refractivity contribution in [2.75, 3.05) is 11.9 Å². The number of carbonyl (C=O) groups is 2. The molecule has 1 aromatic carbocycles. The summed E-state index contributed by atoms with van der Waals surface area (Å²) in [5.74, 6) is -1.36. The Morgan fingerprint density at radius 1 is 1.24 bits per heavy atom. The van der Waals surface area contributed by atoms with E-state index in [0.717, 1.165) is 17.4 Å². The van der Waals surface area contributed by atoms with Crippen molar-refractivity contribution < 1.29 is 22.8 Å². The van der Waals surface area contributed by atoms with Crippen LogP contribution in [0.25, 0.3) is 0 Å². The molecule has 0 bridgehead atoms. The lowest BCUT2D eigenvalue weighted by Crippen LogP contribution is -2.28. The number of carbonyl (C=O) groups excluding carboxylic acids is 2. The van der Waals surface area contributed by atoms with E-state index in [4.69, 9.17) is 0 Å². The first kappa shape index (κ1) is 16.9. The van der Waals surface area contributed by atoms with Crippen LogP contribution < -0.4 is 10.6 Å². The van der Waals surface area contributed by atoms with Crippen LogP contribution in [-0.4, -0.2) is 28.3 Å². The third-order valence-corrected chi connectivity index (χ3v) is 3.79. The molecule has 1 aliphatic rings. The molecule has 1 aliphatic heterocycles. The summed E-state index contributed by atoms with van der Waals surface area (Å²) in [5.41, 5.74) is -0.0940. The van der Waals surface area contributed by atoms with Crippen molar-refractivity contribution in [3.8, 4) is 0 Å². The fraction of sp³-hybridized carbons (Fsp3) is 0.250. The molecule has 2 heterocycles. The molecule has 0 fully saturated rings. The van der Waals surface area contributed by atoms with Gasteiger partial charge in [0.15, 0.2) is 5.69 Å². The number of amides is 2. The van der Waals surface area contributed by atoms with Gasteiger partial charge in [-0.25, -0.2) is 4.98 Å². The third-order valence-electron chi connectivity index (χ3n) is 3.79. The van der Waals surface area contributed by atoms with Crippen molar-refractivity contribution in [3.05, 3.63) is 53.6 Å². The van der Waals surface area contributed by atoms with E-state index in [0.29, 0.717) is 12.6 Å². The summed E-state index contributed by atoms with van der Waals surface area (Å²) in [4.78, 5) is 30.6. The van der Waals surface area contributed by atoms with E-state index >= 15 is 0 Å². The minimum Gasteiger partial charge on any atom is -0.351 e. The first-order valence-electron chi connectivity index (χ1n) is 7.43. The molecule has 9 heteroatoms. The van der Waals surface area contributed by atoms with E-state index in [9.17, 15) is 22.8 Å². The van der Waals surface area contributed by atoms with Gasteiger partial charge in [0.25, 0.3) is 5.91 Å². The largest absolute Gasteiger partial charge is 0.434 e. The Morgan fingerprint density at radius 2 is 2.00 bits per heavy atom. The van der Waals surface area contributed by atoms with Crippen LogP contribution in [0.15, 0.2) is 36.7 Å². The van der Waals surface area contributed by atoms with Gasteiger partial charge in [0.1, 0.15) is 5.69 Å². The number of hydrogen-bond acceptors (Lipinski definition) is 4. The van der Waals surface area contributed by atoms with Crippen LogP contribution >= 0.6 is 0 Å². The number of nitrogens with one attached hydrogen (secondary N) is 2. The lowest BCUT2D eigenvalue weighted by atomic mass is 9.97. The Kier molecular flexibility index (Phi) is 4.39. The SMILES string of the molecule is O=C(NCCC1C(=O)Nc2ccccc21)c1cncc(C(F)(F)F)n1. The smallest absolute Gasteiger partial charge is 0.351 e. The molecule has 1 atom stereocenters. The maximum atomic E-state index is 12.6. The van der Waals surface area contributed by atoms with Crippen LogP contribution in [0, 0.1) is 0 Å². The predicted octanol–water partition coefficient (Wildman–Crippen LogP) is 2.35. The third kappa shape index (κ3) is 3.59. The summed E-state index contributed by atoms with van der Waals surface area (Å²) in [6.07, 6.45) is -2.84. The maximum absolute atomic E-state index is 12.6. The molecule has 0 aliphatic carbocycles. The highest BCUT2D eigenvalue weighted by Gasteiger charge is 2.34. The molecular weight excluding hydrogens is 337 g/mol. The first-order chi connectivity index (χ1) is 11.9. The van der Waals surface area contributed by atoms with Crippen molar-refractivity contribution in [3.63, 3.8) is 0 Å². The van der Waals surface area contributed by atoms with Crippen LogP contribution in [0.4, 0.5) is 18.9 Å². The molecule has 2 aromatic rings.